The molecular formula is C19H22N2O5S. The van der Waals surface area contributed by atoms with Crippen LogP contribution in [-0.2, 0) is 10.0 Å². The molecule has 1 fully saturated rings. The van der Waals surface area contributed by atoms with Crippen LogP contribution in [0.5, 0.6) is 11.5 Å². The highest BCUT2D eigenvalue weighted by atomic mass is 32.2. The van der Waals surface area contributed by atoms with E-state index >= 15 is 0 Å². The van der Waals surface area contributed by atoms with Crippen molar-refractivity contribution in [2.24, 2.45) is 11.8 Å². The summed E-state index contributed by atoms with van der Waals surface area (Å²) in [6, 6.07) is 11.9. The van der Waals surface area contributed by atoms with Crippen LogP contribution in [0.2, 0.25) is 0 Å². The maximum Gasteiger partial charge on any atom is 0.269 e. The molecule has 2 aromatic rings. The smallest absolute Gasteiger partial charge is 0.269 e. The Bertz CT molecular complexity index is 900. The summed E-state index contributed by atoms with van der Waals surface area (Å²) in [5, 5.41) is 10.7. The van der Waals surface area contributed by atoms with Gasteiger partial charge in [0.25, 0.3) is 5.69 Å². The van der Waals surface area contributed by atoms with Gasteiger partial charge in [0.05, 0.1) is 9.82 Å². The molecule has 2 aromatic carbocycles. The molecule has 0 bridgehead atoms. The van der Waals surface area contributed by atoms with Gasteiger partial charge in [-0.05, 0) is 54.7 Å². The average Bonchev–Trinajstić information content (AvgIpc) is 2.62. The fourth-order valence-corrected chi connectivity index (χ4v) is 5.08. The number of non-ortho nitro benzene ring substituents is 1. The van der Waals surface area contributed by atoms with Crippen molar-refractivity contribution in [3.63, 3.8) is 0 Å². The predicted molar refractivity (Wildman–Crippen MR) is 101 cm³/mol. The van der Waals surface area contributed by atoms with Crippen molar-refractivity contribution >= 4 is 15.7 Å². The van der Waals surface area contributed by atoms with E-state index in [4.69, 9.17) is 4.74 Å². The van der Waals surface area contributed by atoms with Gasteiger partial charge in [-0.2, -0.15) is 4.31 Å². The van der Waals surface area contributed by atoms with Gasteiger partial charge in [-0.3, -0.25) is 10.1 Å². The number of hydrogen-bond donors (Lipinski definition) is 0. The van der Waals surface area contributed by atoms with Crippen molar-refractivity contribution in [2.75, 3.05) is 13.1 Å². The topological polar surface area (TPSA) is 89.8 Å². The quantitative estimate of drug-likeness (QED) is 0.567. The molecule has 0 aliphatic carbocycles. The molecular weight excluding hydrogens is 368 g/mol. The van der Waals surface area contributed by atoms with Gasteiger partial charge in [-0.25, -0.2) is 8.42 Å². The van der Waals surface area contributed by atoms with Crippen LogP contribution < -0.4 is 4.74 Å². The standard InChI is InChI=1S/C19H22N2O5S/c1-14-11-15(2)13-20(12-14)27(24,25)19-9-7-18(8-10-19)26-17-5-3-16(4-6-17)21(22)23/h3-10,14-15H,11-13H2,1-2H3/t14-,15+. The van der Waals surface area contributed by atoms with E-state index in [-0.39, 0.29) is 10.6 Å². The summed E-state index contributed by atoms with van der Waals surface area (Å²) in [4.78, 5) is 10.4. The molecule has 0 saturated carbocycles. The molecule has 0 radical (unpaired) electrons. The summed E-state index contributed by atoms with van der Waals surface area (Å²) in [7, 11) is -3.53. The number of nitro benzene ring substituents is 1. The molecule has 1 heterocycles. The summed E-state index contributed by atoms with van der Waals surface area (Å²) < 4.78 is 32.9. The molecule has 0 spiro atoms. The van der Waals surface area contributed by atoms with E-state index in [1.165, 1.54) is 36.4 Å². The monoisotopic (exact) mass is 390 g/mol. The number of benzene rings is 2. The van der Waals surface area contributed by atoms with Crippen LogP contribution in [-0.4, -0.2) is 30.7 Å². The van der Waals surface area contributed by atoms with Crippen LogP contribution in [0.4, 0.5) is 5.69 Å². The van der Waals surface area contributed by atoms with Crippen LogP contribution in [0.25, 0.3) is 0 Å². The van der Waals surface area contributed by atoms with Crippen molar-refractivity contribution in [3.05, 3.63) is 58.6 Å². The average molecular weight is 390 g/mol. The van der Waals surface area contributed by atoms with Crippen molar-refractivity contribution in [3.8, 4) is 11.5 Å². The van der Waals surface area contributed by atoms with Gasteiger partial charge < -0.3 is 4.74 Å². The van der Waals surface area contributed by atoms with Gasteiger partial charge in [0.15, 0.2) is 0 Å². The summed E-state index contributed by atoms with van der Waals surface area (Å²) in [6.45, 7) is 5.21. The predicted octanol–water partition coefficient (Wildman–Crippen LogP) is 4.05. The Hall–Kier alpha value is -2.45. The molecule has 1 saturated heterocycles. The number of hydrogen-bond acceptors (Lipinski definition) is 5. The van der Waals surface area contributed by atoms with E-state index in [2.05, 4.69) is 13.8 Å². The van der Waals surface area contributed by atoms with Crippen LogP contribution in [0, 0.1) is 22.0 Å². The van der Waals surface area contributed by atoms with Gasteiger partial charge in [-0.15, -0.1) is 0 Å². The third-order valence-electron chi connectivity index (χ3n) is 4.58. The molecule has 0 N–H and O–H groups in total. The van der Waals surface area contributed by atoms with Crippen LogP contribution in [0.15, 0.2) is 53.4 Å². The zero-order valence-corrected chi connectivity index (χ0v) is 16.1. The van der Waals surface area contributed by atoms with Gasteiger partial charge in [0, 0.05) is 25.2 Å². The highest BCUT2D eigenvalue weighted by Crippen LogP contribution is 2.29. The SMILES string of the molecule is C[C@@H]1C[C@H](C)CN(S(=O)(=O)c2ccc(Oc3ccc([N+](=O)[O-])cc3)cc2)C1. The largest absolute Gasteiger partial charge is 0.457 e. The molecule has 3 rings (SSSR count). The van der Waals surface area contributed by atoms with Crippen LogP contribution >= 0.6 is 0 Å². The Labute approximate surface area is 158 Å². The van der Waals surface area contributed by atoms with E-state index in [1.807, 2.05) is 0 Å². The van der Waals surface area contributed by atoms with E-state index in [0.717, 1.165) is 6.42 Å². The fraction of sp³-hybridized carbons (Fsp3) is 0.368. The third-order valence-corrected chi connectivity index (χ3v) is 6.43. The first kappa shape index (κ1) is 19.3. The lowest BCUT2D eigenvalue weighted by Gasteiger charge is -2.34. The maximum absolute atomic E-state index is 12.9. The van der Waals surface area contributed by atoms with Gasteiger partial charge >= 0.3 is 0 Å². The molecule has 0 aromatic heterocycles. The minimum atomic E-state index is -3.53. The Morgan fingerprint density at radius 3 is 1.93 bits per heavy atom. The van der Waals surface area contributed by atoms with E-state index in [0.29, 0.717) is 36.4 Å². The maximum atomic E-state index is 12.9. The van der Waals surface area contributed by atoms with Crippen molar-refractivity contribution in [1.29, 1.82) is 0 Å². The lowest BCUT2D eigenvalue weighted by molar-refractivity contribution is -0.384. The second-order valence-corrected chi connectivity index (χ2v) is 9.03. The molecule has 0 amide bonds. The summed E-state index contributed by atoms with van der Waals surface area (Å²) >= 11 is 0. The van der Waals surface area contributed by atoms with E-state index in [1.54, 1.807) is 16.4 Å². The molecule has 0 unspecified atom stereocenters. The summed E-state index contributed by atoms with van der Waals surface area (Å²) in [5.74, 6) is 1.58. The molecule has 1 aliphatic rings. The summed E-state index contributed by atoms with van der Waals surface area (Å²) in [6.07, 6.45) is 1.04. The number of piperidine rings is 1. The molecule has 2 atom stereocenters. The normalized spacial score (nSPS) is 21.0. The second kappa shape index (κ2) is 7.66. The number of nitro groups is 1. The van der Waals surface area contributed by atoms with Crippen molar-refractivity contribution in [2.45, 2.75) is 25.2 Å². The third kappa shape index (κ3) is 4.45. The van der Waals surface area contributed by atoms with E-state index < -0.39 is 14.9 Å². The van der Waals surface area contributed by atoms with Crippen LogP contribution in [0.3, 0.4) is 0 Å². The van der Waals surface area contributed by atoms with Crippen molar-refractivity contribution < 1.29 is 18.1 Å². The number of rotatable bonds is 5. The van der Waals surface area contributed by atoms with E-state index in [9.17, 15) is 18.5 Å². The highest BCUT2D eigenvalue weighted by molar-refractivity contribution is 7.89. The zero-order chi connectivity index (χ0) is 19.6. The van der Waals surface area contributed by atoms with Gasteiger partial charge in [0.1, 0.15) is 11.5 Å². The van der Waals surface area contributed by atoms with Crippen molar-refractivity contribution in [1.82, 2.24) is 4.31 Å². The second-order valence-electron chi connectivity index (χ2n) is 7.09. The molecule has 144 valence electrons. The lowest BCUT2D eigenvalue weighted by atomic mass is 9.94. The molecule has 1 aliphatic heterocycles. The van der Waals surface area contributed by atoms with Gasteiger partial charge in [-0.1, -0.05) is 13.8 Å². The first-order chi connectivity index (χ1) is 12.8. The minimum Gasteiger partial charge on any atom is -0.457 e. The Morgan fingerprint density at radius 1 is 0.963 bits per heavy atom. The lowest BCUT2D eigenvalue weighted by Crippen LogP contribution is -2.42. The van der Waals surface area contributed by atoms with Crippen LogP contribution in [0.1, 0.15) is 20.3 Å². The fourth-order valence-electron chi connectivity index (χ4n) is 3.40. The Balaban J connectivity index is 1.73. The highest BCUT2D eigenvalue weighted by Gasteiger charge is 2.31. The number of ether oxygens (including phenoxy) is 1. The molecule has 27 heavy (non-hydrogen) atoms. The molecule has 8 heteroatoms. The number of sulfonamides is 1. The number of nitrogens with zero attached hydrogens (tertiary/aromatic N) is 2. The molecule has 7 nitrogen and oxygen atoms in total. The Morgan fingerprint density at radius 2 is 1.44 bits per heavy atom. The zero-order valence-electron chi connectivity index (χ0n) is 15.2. The first-order valence-corrected chi connectivity index (χ1v) is 10.2. The first-order valence-electron chi connectivity index (χ1n) is 8.78. The Kier molecular flexibility index (Phi) is 5.48. The minimum absolute atomic E-state index is 0.0196. The van der Waals surface area contributed by atoms with Gasteiger partial charge in [0.2, 0.25) is 10.0 Å². The summed E-state index contributed by atoms with van der Waals surface area (Å²) in [5.41, 5.74) is -0.0196.